The molecule has 0 saturated heterocycles. The third-order valence-electron chi connectivity index (χ3n) is 3.60. The minimum Gasteiger partial charge on any atom is -0.494 e. The van der Waals surface area contributed by atoms with Crippen molar-refractivity contribution in [2.75, 3.05) is 11.9 Å². The molecule has 3 N–H and O–H groups in total. The van der Waals surface area contributed by atoms with E-state index in [1.165, 1.54) is 0 Å². The van der Waals surface area contributed by atoms with Gasteiger partial charge in [0.15, 0.2) is 0 Å². The van der Waals surface area contributed by atoms with Crippen molar-refractivity contribution in [3.63, 3.8) is 0 Å². The van der Waals surface area contributed by atoms with Crippen LogP contribution < -0.4 is 20.9 Å². The van der Waals surface area contributed by atoms with Gasteiger partial charge in [-0.3, -0.25) is 25.2 Å². The van der Waals surface area contributed by atoms with Crippen molar-refractivity contribution < 1.29 is 19.1 Å². The van der Waals surface area contributed by atoms with Gasteiger partial charge in [-0.1, -0.05) is 13.0 Å². The van der Waals surface area contributed by atoms with E-state index >= 15 is 0 Å². The molecule has 142 valence electrons. The van der Waals surface area contributed by atoms with Crippen LogP contribution in [0, 0.1) is 0 Å². The molecule has 0 saturated carbocycles. The number of amides is 3. The number of carbonyl (C=O) groups excluding carboxylic acids is 3. The standard InChI is InChI=1S/C20H23N3O4/c1-3-6-18(24)21-16-11-9-14(10-12-16)19(25)22-23-20(26)15-7-5-8-17(13-15)27-4-2/h5,7-13H,3-4,6H2,1-2H3,(H,21,24)(H,22,25)(H,23,26). The summed E-state index contributed by atoms with van der Waals surface area (Å²) >= 11 is 0. The minimum atomic E-state index is -0.462. The molecule has 0 unspecified atom stereocenters. The fourth-order valence-corrected chi connectivity index (χ4v) is 2.31. The molecule has 7 nitrogen and oxygen atoms in total. The average molecular weight is 369 g/mol. The van der Waals surface area contributed by atoms with Gasteiger partial charge in [0, 0.05) is 23.2 Å². The summed E-state index contributed by atoms with van der Waals surface area (Å²) in [5.74, 6) is -0.405. The number of rotatable bonds is 7. The number of hydrazine groups is 1. The van der Waals surface area contributed by atoms with Gasteiger partial charge in [-0.05, 0) is 55.8 Å². The van der Waals surface area contributed by atoms with Gasteiger partial charge in [-0.15, -0.1) is 0 Å². The van der Waals surface area contributed by atoms with Gasteiger partial charge in [0.25, 0.3) is 11.8 Å². The van der Waals surface area contributed by atoms with E-state index in [0.717, 1.165) is 6.42 Å². The Morgan fingerprint density at radius 2 is 1.56 bits per heavy atom. The van der Waals surface area contributed by atoms with Crippen LogP contribution in [0.5, 0.6) is 5.75 Å². The highest BCUT2D eigenvalue weighted by Crippen LogP contribution is 2.13. The van der Waals surface area contributed by atoms with Gasteiger partial charge >= 0.3 is 0 Å². The molecule has 0 aliphatic rings. The van der Waals surface area contributed by atoms with E-state index in [9.17, 15) is 14.4 Å². The number of hydrogen-bond donors (Lipinski definition) is 3. The maximum Gasteiger partial charge on any atom is 0.269 e. The van der Waals surface area contributed by atoms with Crippen molar-refractivity contribution in [2.45, 2.75) is 26.7 Å². The topological polar surface area (TPSA) is 96.5 Å². The molecule has 0 aromatic heterocycles. The van der Waals surface area contributed by atoms with Crippen LogP contribution in [-0.2, 0) is 4.79 Å². The number of benzene rings is 2. The van der Waals surface area contributed by atoms with Crippen molar-refractivity contribution in [2.24, 2.45) is 0 Å². The van der Waals surface area contributed by atoms with E-state index in [4.69, 9.17) is 4.74 Å². The lowest BCUT2D eigenvalue weighted by atomic mass is 10.2. The number of anilines is 1. The van der Waals surface area contributed by atoms with Crippen LogP contribution in [0.2, 0.25) is 0 Å². The van der Waals surface area contributed by atoms with Gasteiger partial charge in [0.2, 0.25) is 5.91 Å². The van der Waals surface area contributed by atoms with Gasteiger partial charge < -0.3 is 10.1 Å². The predicted molar refractivity (Wildman–Crippen MR) is 103 cm³/mol. The molecule has 0 radical (unpaired) electrons. The van der Waals surface area contributed by atoms with Crippen molar-refractivity contribution in [1.29, 1.82) is 0 Å². The van der Waals surface area contributed by atoms with Crippen molar-refractivity contribution in [1.82, 2.24) is 10.9 Å². The largest absolute Gasteiger partial charge is 0.494 e. The number of hydrogen-bond acceptors (Lipinski definition) is 4. The Morgan fingerprint density at radius 1 is 0.889 bits per heavy atom. The Labute approximate surface area is 158 Å². The van der Waals surface area contributed by atoms with Gasteiger partial charge in [-0.2, -0.15) is 0 Å². The maximum atomic E-state index is 12.1. The zero-order chi connectivity index (χ0) is 19.6. The molecule has 0 fully saturated rings. The van der Waals surface area contributed by atoms with Crippen molar-refractivity contribution in [3.05, 3.63) is 59.7 Å². The second-order valence-corrected chi connectivity index (χ2v) is 5.74. The van der Waals surface area contributed by atoms with Crippen LogP contribution in [0.25, 0.3) is 0 Å². The van der Waals surface area contributed by atoms with Crippen molar-refractivity contribution >= 4 is 23.4 Å². The first-order chi connectivity index (χ1) is 13.0. The highest BCUT2D eigenvalue weighted by atomic mass is 16.5. The lowest BCUT2D eigenvalue weighted by Crippen LogP contribution is -2.41. The summed E-state index contributed by atoms with van der Waals surface area (Å²) in [5.41, 5.74) is 6.07. The van der Waals surface area contributed by atoms with Crippen LogP contribution in [0.3, 0.4) is 0 Å². The molecule has 0 heterocycles. The summed E-state index contributed by atoms with van der Waals surface area (Å²) in [7, 11) is 0. The molecule has 0 aliphatic heterocycles. The lowest BCUT2D eigenvalue weighted by Gasteiger charge is -2.09. The summed E-state index contributed by atoms with van der Waals surface area (Å²) in [6.07, 6.45) is 1.21. The zero-order valence-corrected chi connectivity index (χ0v) is 15.4. The van der Waals surface area contributed by atoms with Crippen LogP contribution in [0.4, 0.5) is 5.69 Å². The highest BCUT2D eigenvalue weighted by molar-refractivity contribution is 5.99. The van der Waals surface area contributed by atoms with Crippen LogP contribution in [0.15, 0.2) is 48.5 Å². The van der Waals surface area contributed by atoms with E-state index in [2.05, 4.69) is 16.2 Å². The van der Waals surface area contributed by atoms with Crippen LogP contribution in [-0.4, -0.2) is 24.3 Å². The maximum absolute atomic E-state index is 12.1. The highest BCUT2D eigenvalue weighted by Gasteiger charge is 2.10. The van der Waals surface area contributed by atoms with E-state index in [0.29, 0.717) is 35.6 Å². The van der Waals surface area contributed by atoms with E-state index in [-0.39, 0.29) is 5.91 Å². The molecule has 2 aromatic carbocycles. The number of carbonyl (C=O) groups is 3. The lowest BCUT2D eigenvalue weighted by molar-refractivity contribution is -0.116. The average Bonchev–Trinajstić information content (AvgIpc) is 2.67. The SMILES string of the molecule is CCCC(=O)Nc1ccc(C(=O)NNC(=O)c2cccc(OCC)c2)cc1. The molecular formula is C20H23N3O4. The summed E-state index contributed by atoms with van der Waals surface area (Å²) in [6.45, 7) is 4.28. The Bertz CT molecular complexity index is 803. The summed E-state index contributed by atoms with van der Waals surface area (Å²) in [4.78, 5) is 35.9. The van der Waals surface area contributed by atoms with E-state index in [1.807, 2.05) is 13.8 Å². The Morgan fingerprint density at radius 3 is 2.19 bits per heavy atom. The summed E-state index contributed by atoms with van der Waals surface area (Å²) in [5, 5.41) is 2.74. The van der Waals surface area contributed by atoms with Crippen LogP contribution >= 0.6 is 0 Å². The first-order valence-electron chi connectivity index (χ1n) is 8.77. The van der Waals surface area contributed by atoms with Gasteiger partial charge in [0.1, 0.15) is 5.75 Å². The number of nitrogens with one attached hydrogen (secondary N) is 3. The molecule has 27 heavy (non-hydrogen) atoms. The second-order valence-electron chi connectivity index (χ2n) is 5.74. The zero-order valence-electron chi connectivity index (χ0n) is 15.4. The summed E-state index contributed by atoms with van der Waals surface area (Å²) in [6, 6.07) is 13.1. The third-order valence-corrected chi connectivity index (χ3v) is 3.60. The quantitative estimate of drug-likeness (QED) is 0.654. The molecule has 3 amide bonds. The molecule has 0 bridgehead atoms. The first-order valence-corrected chi connectivity index (χ1v) is 8.77. The third kappa shape index (κ3) is 6.14. The molecule has 7 heteroatoms. The Kier molecular flexibility index (Phi) is 7.37. The predicted octanol–water partition coefficient (Wildman–Crippen LogP) is 2.90. The fraction of sp³-hybridized carbons (Fsp3) is 0.250. The van der Waals surface area contributed by atoms with Crippen molar-refractivity contribution in [3.8, 4) is 5.75 Å². The van der Waals surface area contributed by atoms with E-state index in [1.54, 1.807) is 48.5 Å². The smallest absolute Gasteiger partial charge is 0.269 e. The monoisotopic (exact) mass is 369 g/mol. The van der Waals surface area contributed by atoms with Crippen LogP contribution in [0.1, 0.15) is 47.4 Å². The normalized spacial score (nSPS) is 10.0. The summed E-state index contributed by atoms with van der Waals surface area (Å²) < 4.78 is 5.35. The molecular weight excluding hydrogens is 346 g/mol. The fourth-order valence-electron chi connectivity index (χ4n) is 2.31. The Balaban J connectivity index is 1.90. The van der Waals surface area contributed by atoms with Gasteiger partial charge in [0.05, 0.1) is 6.61 Å². The first kappa shape index (κ1) is 20.0. The molecule has 0 atom stereocenters. The minimum absolute atomic E-state index is 0.0729. The van der Waals surface area contributed by atoms with E-state index < -0.39 is 11.8 Å². The molecule has 2 aromatic rings. The number of ether oxygens (including phenoxy) is 1. The molecule has 2 rings (SSSR count). The second kappa shape index (κ2) is 9.96. The van der Waals surface area contributed by atoms with Gasteiger partial charge in [-0.25, -0.2) is 0 Å². The molecule has 0 aliphatic carbocycles. The Hall–Kier alpha value is -3.35. The molecule has 0 spiro atoms.